The summed E-state index contributed by atoms with van der Waals surface area (Å²) in [6.07, 6.45) is 4.21. The Morgan fingerprint density at radius 3 is 1.46 bits per heavy atom. The predicted octanol–water partition coefficient (Wildman–Crippen LogP) is 10.9. The van der Waals surface area contributed by atoms with Crippen LogP contribution in [0.3, 0.4) is 0 Å². The Labute approximate surface area is 439 Å². The number of aliphatic hydroxyl groups is 3. The minimum atomic E-state index is -1.65. The number of hydrogen-bond acceptors (Lipinski definition) is 9. The van der Waals surface area contributed by atoms with E-state index in [4.69, 9.17) is 20.6 Å². The van der Waals surface area contributed by atoms with E-state index in [1.165, 1.54) is 0 Å². The molecule has 0 spiro atoms. The zero-order valence-corrected chi connectivity index (χ0v) is 42.8. The van der Waals surface area contributed by atoms with Crippen LogP contribution in [0.2, 0.25) is 0 Å². The maximum atomic E-state index is 14.1. The van der Waals surface area contributed by atoms with Crippen LogP contribution in [-0.4, -0.2) is 73.6 Å². The molecule has 1 aliphatic rings. The number of carbonyl (C=O) groups excluding carboxylic acids is 3. The van der Waals surface area contributed by atoms with Gasteiger partial charge in [0.1, 0.15) is 18.2 Å². The van der Waals surface area contributed by atoms with Gasteiger partial charge in [-0.1, -0.05) is 180 Å². The Morgan fingerprint density at radius 1 is 0.649 bits per heavy atom. The molecule has 1 heterocycles. The molecule has 0 aromatic heterocycles. The number of Topliss-reactive ketones (excluding diaryl/α,β-unsaturated/α-hetero) is 1. The Balaban J connectivity index is 0.000000336. The van der Waals surface area contributed by atoms with Gasteiger partial charge in [-0.15, -0.1) is 6.42 Å². The fourth-order valence-electron chi connectivity index (χ4n) is 7.86. The molecule has 1 fully saturated rings. The first-order valence-electron chi connectivity index (χ1n) is 24.2. The van der Waals surface area contributed by atoms with Gasteiger partial charge in [0, 0.05) is 0 Å². The molecule has 2 amide bonds. The third-order valence-corrected chi connectivity index (χ3v) is 12.1. The first kappa shape index (κ1) is 60.6. The van der Waals surface area contributed by atoms with Crippen LogP contribution in [0, 0.1) is 59.7 Å². The molecule has 5 aromatic carbocycles. The number of ketones is 1. The number of benzene rings is 5. The smallest absolute Gasteiger partial charge is 0.417 e. The Morgan fingerprint density at radius 2 is 1.04 bits per heavy atom. The average Bonchev–Trinajstić information content (AvgIpc) is 3.67. The minimum Gasteiger partial charge on any atom is -0.440 e. The number of rotatable bonds is 18. The van der Waals surface area contributed by atoms with E-state index in [-0.39, 0.29) is 20.6 Å². The number of imide groups is 1. The monoisotopic (exact) mass is 995 g/mol. The van der Waals surface area contributed by atoms with Gasteiger partial charge in [-0.05, 0) is 134 Å². The molecule has 0 aliphatic carbocycles. The molecule has 384 valence electrons. The third-order valence-electron chi connectivity index (χ3n) is 12.1. The van der Waals surface area contributed by atoms with Crippen molar-refractivity contribution in [1.29, 1.82) is 0 Å². The van der Waals surface area contributed by atoms with Gasteiger partial charge < -0.3 is 29.5 Å². The van der Waals surface area contributed by atoms with E-state index in [9.17, 15) is 29.7 Å². The molecule has 0 radical (unpaired) electrons. The van der Waals surface area contributed by atoms with Gasteiger partial charge in [-0.3, -0.25) is 9.59 Å². The maximum Gasteiger partial charge on any atom is 0.417 e. The summed E-state index contributed by atoms with van der Waals surface area (Å²) in [5, 5.41) is 30.6. The molecule has 1 saturated heterocycles. The van der Waals surface area contributed by atoms with Crippen molar-refractivity contribution in [3.8, 4) is 82.0 Å². The fraction of sp³-hybridized carbons (Fsp3) is 0.328. The number of amides is 2. The standard InChI is InChI=1S/C31H35NO5.C21H26O4.C11H4.CH4/c1-5-12-26(33)31(4,36-21-22-17-19-24(20-18-22)23-13-8-6-9-14-23)28(34)32-27(25-15-10-7-11-16-25)30(2,3)37-29(32)35;1-3-7-19(23)21(2,20(24)14-22)25-15-16-10-12-18(13-11-16)17-8-5-4-6-9-17;1-3-5-7-9-11-10-8-6-4-2;/h6-11,13-20,26-27,33H,5,12,21H2,1-4H3;4-6,8-13,19,22-23H,3,7,14-15H2,1-2H3;1H,2H3;1H4/t26-,27-,31-;19-,21-;;/m00../s1. The van der Waals surface area contributed by atoms with E-state index in [1.807, 2.05) is 153 Å². The number of ether oxygens (including phenoxy) is 3. The van der Waals surface area contributed by atoms with E-state index in [0.29, 0.717) is 19.3 Å². The van der Waals surface area contributed by atoms with Crippen LogP contribution in [-0.2, 0) is 37.0 Å². The Hall–Kier alpha value is -7.69. The van der Waals surface area contributed by atoms with Gasteiger partial charge in [0.25, 0.3) is 5.91 Å². The molecular weight excluding hydrogens is 927 g/mol. The van der Waals surface area contributed by atoms with Crippen LogP contribution in [0.4, 0.5) is 4.79 Å². The number of hydrogen-bond donors (Lipinski definition) is 3. The highest BCUT2D eigenvalue weighted by Crippen LogP contribution is 2.43. The number of terminal acetylenes is 1. The van der Waals surface area contributed by atoms with Gasteiger partial charge >= 0.3 is 6.09 Å². The Bertz CT molecular complexity index is 2860. The second kappa shape index (κ2) is 30.4. The highest BCUT2D eigenvalue weighted by molar-refractivity contribution is 5.99. The van der Waals surface area contributed by atoms with Gasteiger partial charge in [-0.25, -0.2) is 9.69 Å². The summed E-state index contributed by atoms with van der Waals surface area (Å²) in [5.74, 6) is 20.8. The molecule has 1 aliphatic heterocycles. The summed E-state index contributed by atoms with van der Waals surface area (Å²) < 4.78 is 17.6. The molecule has 6 rings (SSSR count). The minimum absolute atomic E-state index is 0. The second-order valence-electron chi connectivity index (χ2n) is 17.8. The van der Waals surface area contributed by atoms with Crippen molar-refractivity contribution in [2.24, 2.45) is 0 Å². The summed E-state index contributed by atoms with van der Waals surface area (Å²) in [6, 6.07) is 44.6. The molecular formula is C64H69NO9. The van der Waals surface area contributed by atoms with Crippen LogP contribution in [0.1, 0.15) is 104 Å². The van der Waals surface area contributed by atoms with E-state index >= 15 is 0 Å². The molecule has 10 nitrogen and oxygen atoms in total. The van der Waals surface area contributed by atoms with Crippen molar-refractivity contribution in [3.05, 3.63) is 156 Å². The van der Waals surface area contributed by atoms with Gasteiger partial charge in [0.2, 0.25) is 0 Å². The summed E-state index contributed by atoms with van der Waals surface area (Å²) in [6.45, 7) is 11.9. The van der Waals surface area contributed by atoms with E-state index in [1.54, 1.807) is 34.6 Å². The molecule has 0 saturated carbocycles. The molecule has 5 aromatic rings. The van der Waals surface area contributed by atoms with Crippen molar-refractivity contribution < 1.29 is 43.9 Å². The number of aliphatic hydroxyl groups excluding tert-OH is 3. The summed E-state index contributed by atoms with van der Waals surface area (Å²) >= 11 is 0. The number of carbonyl (C=O) groups is 3. The first-order chi connectivity index (χ1) is 35.1. The second-order valence-corrected chi connectivity index (χ2v) is 17.8. The number of cyclic esters (lactones) is 1. The topological polar surface area (TPSA) is 143 Å². The fourth-order valence-corrected chi connectivity index (χ4v) is 7.86. The third kappa shape index (κ3) is 17.0. The van der Waals surface area contributed by atoms with Crippen molar-refractivity contribution in [3.63, 3.8) is 0 Å². The summed E-state index contributed by atoms with van der Waals surface area (Å²) in [5.41, 5.74) is 2.94. The molecule has 3 N–H and O–H groups in total. The molecule has 5 atom stereocenters. The van der Waals surface area contributed by atoms with Crippen LogP contribution >= 0.6 is 0 Å². The summed E-state index contributed by atoms with van der Waals surface area (Å²) in [7, 11) is 0. The SMILES string of the molecule is C.C#CC#CC#CC#CC#CC.CCC[C@H](O)[C@](C)(OCc1ccc(-c2ccccc2)cc1)C(=O)CO.CCC[C@H](O)[C@](C)(OCc1ccc(-c2ccccc2)cc1)C(=O)N1C(=O)OC(C)(C)[C@@H]1c1ccccc1. The average molecular weight is 996 g/mol. The van der Waals surface area contributed by atoms with E-state index < -0.39 is 59.4 Å². The van der Waals surface area contributed by atoms with Gasteiger partial charge in [-0.2, -0.15) is 0 Å². The van der Waals surface area contributed by atoms with Gasteiger partial charge in [0.15, 0.2) is 17.0 Å². The van der Waals surface area contributed by atoms with Crippen LogP contribution in [0.5, 0.6) is 0 Å². The van der Waals surface area contributed by atoms with Crippen molar-refractivity contribution in [1.82, 2.24) is 4.90 Å². The lowest BCUT2D eigenvalue weighted by atomic mass is 9.88. The lowest BCUT2D eigenvalue weighted by Gasteiger charge is -2.37. The normalized spacial score (nSPS) is 15.1. The molecule has 0 unspecified atom stereocenters. The molecule has 10 heteroatoms. The van der Waals surface area contributed by atoms with Crippen LogP contribution < -0.4 is 0 Å². The number of nitrogens with zero attached hydrogens (tertiary/aromatic N) is 1. The van der Waals surface area contributed by atoms with Gasteiger partial charge in [0.05, 0.1) is 25.4 Å². The predicted molar refractivity (Wildman–Crippen MR) is 293 cm³/mol. The largest absolute Gasteiger partial charge is 0.440 e. The van der Waals surface area contributed by atoms with Crippen molar-refractivity contribution in [2.45, 2.75) is 130 Å². The zero-order valence-electron chi connectivity index (χ0n) is 42.8. The lowest BCUT2D eigenvalue weighted by molar-refractivity contribution is -0.174. The van der Waals surface area contributed by atoms with E-state index in [0.717, 1.165) is 50.3 Å². The lowest BCUT2D eigenvalue weighted by Crippen LogP contribution is -2.57. The maximum absolute atomic E-state index is 14.1. The quantitative estimate of drug-likeness (QED) is 0.0731. The molecule has 0 bridgehead atoms. The zero-order chi connectivity index (χ0) is 53.3. The first-order valence-corrected chi connectivity index (χ1v) is 24.2. The van der Waals surface area contributed by atoms with Crippen LogP contribution in [0.25, 0.3) is 22.3 Å². The summed E-state index contributed by atoms with van der Waals surface area (Å²) in [4.78, 5) is 40.3. The Kier molecular flexibility index (Phi) is 24.9. The van der Waals surface area contributed by atoms with Crippen molar-refractivity contribution >= 4 is 17.8 Å². The molecule has 74 heavy (non-hydrogen) atoms. The van der Waals surface area contributed by atoms with Crippen molar-refractivity contribution in [2.75, 3.05) is 6.61 Å². The highest BCUT2D eigenvalue weighted by atomic mass is 16.6. The van der Waals surface area contributed by atoms with E-state index in [2.05, 4.69) is 53.3 Å². The highest BCUT2D eigenvalue weighted by Gasteiger charge is 2.57. The van der Waals surface area contributed by atoms with Crippen LogP contribution in [0.15, 0.2) is 140 Å².